The summed E-state index contributed by atoms with van der Waals surface area (Å²) in [5, 5.41) is 8.36. The fraction of sp³-hybridized carbons (Fsp3) is 0.258. The van der Waals surface area contributed by atoms with Crippen molar-refractivity contribution in [3.63, 3.8) is 0 Å². The first-order valence-corrected chi connectivity index (χ1v) is 12.7. The van der Waals surface area contributed by atoms with Crippen LogP contribution in [0.3, 0.4) is 0 Å². The van der Waals surface area contributed by atoms with E-state index in [1.807, 2.05) is 70.2 Å². The van der Waals surface area contributed by atoms with E-state index in [4.69, 9.17) is 4.98 Å². The van der Waals surface area contributed by atoms with Gasteiger partial charge in [0.2, 0.25) is 5.91 Å². The molecular weight excluding hydrogens is 474 g/mol. The third kappa shape index (κ3) is 6.68. The SMILES string of the molecule is Cc1cc(-c2cccc(-c3ccc(-c4cccc(NC(=O)C(C)NC(=O)NC(C)(C)C)c4)cc3)n2)c(C)[nH]1. The number of nitrogens with one attached hydrogen (secondary N) is 4. The zero-order valence-electron chi connectivity index (χ0n) is 22.8. The third-order valence-corrected chi connectivity index (χ3v) is 6.05. The van der Waals surface area contributed by atoms with Crippen LogP contribution in [-0.2, 0) is 4.79 Å². The summed E-state index contributed by atoms with van der Waals surface area (Å²) in [5.74, 6) is -0.291. The first kappa shape index (κ1) is 26.7. The van der Waals surface area contributed by atoms with Gasteiger partial charge in [0.15, 0.2) is 0 Å². The van der Waals surface area contributed by atoms with Crippen LogP contribution in [0.15, 0.2) is 72.8 Å². The highest BCUT2D eigenvalue weighted by Crippen LogP contribution is 2.28. The summed E-state index contributed by atoms with van der Waals surface area (Å²) in [6, 6.07) is 23.0. The molecule has 7 nitrogen and oxygen atoms in total. The van der Waals surface area contributed by atoms with Gasteiger partial charge in [-0.05, 0) is 83.0 Å². The highest BCUT2D eigenvalue weighted by atomic mass is 16.2. The molecule has 0 saturated heterocycles. The van der Waals surface area contributed by atoms with Gasteiger partial charge in [0.25, 0.3) is 0 Å². The lowest BCUT2D eigenvalue weighted by Gasteiger charge is -2.22. The first-order chi connectivity index (χ1) is 18.0. The molecule has 0 aliphatic carbocycles. The molecule has 0 fully saturated rings. The van der Waals surface area contributed by atoms with E-state index in [1.165, 1.54) is 0 Å². The van der Waals surface area contributed by atoms with E-state index in [-0.39, 0.29) is 17.5 Å². The van der Waals surface area contributed by atoms with Gasteiger partial charge >= 0.3 is 6.03 Å². The number of urea groups is 1. The summed E-state index contributed by atoms with van der Waals surface area (Å²) in [6.45, 7) is 11.4. The predicted molar refractivity (Wildman–Crippen MR) is 154 cm³/mol. The van der Waals surface area contributed by atoms with E-state index in [0.717, 1.165) is 45.0 Å². The van der Waals surface area contributed by atoms with E-state index in [1.54, 1.807) is 6.92 Å². The van der Waals surface area contributed by atoms with Crippen LogP contribution in [0.5, 0.6) is 0 Å². The van der Waals surface area contributed by atoms with E-state index in [2.05, 4.69) is 58.2 Å². The normalized spacial score (nSPS) is 12.1. The molecule has 7 heteroatoms. The van der Waals surface area contributed by atoms with E-state index >= 15 is 0 Å². The zero-order valence-corrected chi connectivity index (χ0v) is 22.8. The van der Waals surface area contributed by atoms with Gasteiger partial charge in [-0.3, -0.25) is 4.79 Å². The van der Waals surface area contributed by atoms with Gasteiger partial charge in [0.1, 0.15) is 6.04 Å². The van der Waals surface area contributed by atoms with Crippen molar-refractivity contribution in [3.8, 4) is 33.6 Å². The minimum absolute atomic E-state index is 0.291. The minimum atomic E-state index is -0.692. The summed E-state index contributed by atoms with van der Waals surface area (Å²) in [4.78, 5) is 33.0. The molecule has 4 N–H and O–H groups in total. The van der Waals surface area contributed by atoms with Crippen LogP contribution in [0, 0.1) is 13.8 Å². The number of aryl methyl sites for hydroxylation is 2. The molecular formula is C31H35N5O2. The van der Waals surface area contributed by atoms with Gasteiger partial charge < -0.3 is 20.9 Å². The number of hydrogen-bond donors (Lipinski definition) is 4. The van der Waals surface area contributed by atoms with Crippen molar-refractivity contribution in [1.29, 1.82) is 0 Å². The van der Waals surface area contributed by atoms with E-state index in [9.17, 15) is 9.59 Å². The molecule has 38 heavy (non-hydrogen) atoms. The number of benzene rings is 2. The number of rotatable bonds is 6. The molecule has 0 radical (unpaired) electrons. The third-order valence-electron chi connectivity index (χ3n) is 6.05. The molecule has 4 rings (SSSR count). The summed E-state index contributed by atoms with van der Waals surface area (Å²) in [7, 11) is 0. The number of carbonyl (C=O) groups excluding carboxylic acids is 2. The number of H-pyrrole nitrogens is 1. The van der Waals surface area contributed by atoms with Crippen molar-refractivity contribution in [1.82, 2.24) is 20.6 Å². The van der Waals surface area contributed by atoms with Crippen LogP contribution in [0.4, 0.5) is 10.5 Å². The Bertz CT molecular complexity index is 1450. The lowest BCUT2D eigenvalue weighted by atomic mass is 10.0. The predicted octanol–water partition coefficient (Wildman–Crippen LogP) is 6.45. The molecule has 0 aliphatic rings. The second-order valence-electron chi connectivity index (χ2n) is 10.6. The van der Waals surface area contributed by atoms with Gasteiger partial charge in [0.05, 0.1) is 11.4 Å². The Kier molecular flexibility index (Phi) is 7.67. The summed E-state index contributed by atoms with van der Waals surface area (Å²) in [5.41, 5.74) is 8.47. The van der Waals surface area contributed by atoms with Crippen LogP contribution < -0.4 is 16.0 Å². The summed E-state index contributed by atoms with van der Waals surface area (Å²) < 4.78 is 0. The van der Waals surface area contributed by atoms with E-state index in [0.29, 0.717) is 5.69 Å². The van der Waals surface area contributed by atoms with Gasteiger partial charge in [-0.15, -0.1) is 0 Å². The smallest absolute Gasteiger partial charge is 0.315 e. The Balaban J connectivity index is 1.45. The van der Waals surface area contributed by atoms with Gasteiger partial charge in [-0.1, -0.05) is 42.5 Å². The molecule has 196 valence electrons. The molecule has 1 atom stereocenters. The highest BCUT2D eigenvalue weighted by molar-refractivity contribution is 5.97. The number of hydrogen-bond acceptors (Lipinski definition) is 3. The maximum atomic E-state index is 12.7. The number of anilines is 1. The fourth-order valence-electron chi connectivity index (χ4n) is 4.23. The van der Waals surface area contributed by atoms with Crippen LogP contribution >= 0.6 is 0 Å². The van der Waals surface area contributed by atoms with Crippen LogP contribution in [0.1, 0.15) is 39.1 Å². The Morgan fingerprint density at radius 3 is 2.16 bits per heavy atom. The molecule has 0 aliphatic heterocycles. The highest BCUT2D eigenvalue weighted by Gasteiger charge is 2.19. The Labute approximate surface area is 224 Å². The van der Waals surface area contributed by atoms with Crippen LogP contribution in [0.25, 0.3) is 33.6 Å². The van der Waals surface area contributed by atoms with Crippen LogP contribution in [0.2, 0.25) is 0 Å². The second kappa shape index (κ2) is 10.9. The number of pyridine rings is 1. The van der Waals surface area contributed by atoms with E-state index < -0.39 is 6.04 Å². The number of aromatic amines is 1. The number of carbonyl (C=O) groups is 2. The first-order valence-electron chi connectivity index (χ1n) is 12.7. The quantitative estimate of drug-likeness (QED) is 0.240. The number of nitrogens with zero attached hydrogens (tertiary/aromatic N) is 1. The summed E-state index contributed by atoms with van der Waals surface area (Å²) >= 11 is 0. The monoisotopic (exact) mass is 509 g/mol. The van der Waals surface area contributed by atoms with Crippen molar-refractivity contribution in [3.05, 3.63) is 84.2 Å². The maximum absolute atomic E-state index is 12.7. The molecule has 2 aromatic heterocycles. The van der Waals surface area contributed by atoms with Crippen LogP contribution in [-0.4, -0.2) is 33.5 Å². The molecule has 3 amide bonds. The molecule has 2 aromatic carbocycles. The molecule has 0 spiro atoms. The Hall–Kier alpha value is -4.39. The standard InChI is InChI=1S/C31H35N5O2/c1-19-17-26(20(2)32-19)28-12-8-11-27(35-28)23-15-13-22(14-16-23)24-9-7-10-25(18-24)34-29(37)21(3)33-30(38)36-31(4,5)6/h7-18,21,32H,1-6H3,(H,34,37)(H2,33,36,38). The van der Waals surface area contributed by atoms with Crippen molar-refractivity contribution in [2.75, 3.05) is 5.32 Å². The topological polar surface area (TPSA) is 98.9 Å². The van der Waals surface area contributed by atoms with Crippen molar-refractivity contribution in [2.45, 2.75) is 53.1 Å². The van der Waals surface area contributed by atoms with Crippen molar-refractivity contribution in [2.24, 2.45) is 0 Å². The lowest BCUT2D eigenvalue weighted by molar-refractivity contribution is -0.117. The van der Waals surface area contributed by atoms with Gasteiger partial charge in [-0.2, -0.15) is 0 Å². The molecule has 0 bridgehead atoms. The van der Waals surface area contributed by atoms with Gasteiger partial charge in [0, 0.05) is 33.7 Å². The Morgan fingerprint density at radius 2 is 1.50 bits per heavy atom. The lowest BCUT2D eigenvalue weighted by Crippen LogP contribution is -2.51. The minimum Gasteiger partial charge on any atom is -0.362 e. The average molecular weight is 510 g/mol. The summed E-state index contributed by atoms with van der Waals surface area (Å²) in [6.07, 6.45) is 0. The van der Waals surface area contributed by atoms with Gasteiger partial charge in [-0.25, -0.2) is 9.78 Å². The average Bonchev–Trinajstić information content (AvgIpc) is 3.21. The largest absolute Gasteiger partial charge is 0.362 e. The second-order valence-corrected chi connectivity index (χ2v) is 10.6. The molecule has 0 saturated carbocycles. The Morgan fingerprint density at radius 1 is 0.842 bits per heavy atom. The molecule has 2 heterocycles. The fourth-order valence-corrected chi connectivity index (χ4v) is 4.23. The maximum Gasteiger partial charge on any atom is 0.315 e. The zero-order chi connectivity index (χ0) is 27.4. The molecule has 4 aromatic rings. The van der Waals surface area contributed by atoms with Crippen molar-refractivity contribution < 1.29 is 9.59 Å². The number of amides is 3. The number of aromatic nitrogens is 2. The molecule has 1 unspecified atom stereocenters. The van der Waals surface area contributed by atoms with Crippen molar-refractivity contribution >= 4 is 17.6 Å².